The molecule has 33 heteroatoms. The predicted octanol–water partition coefficient (Wildman–Crippen LogP) is -0.182. The molecule has 0 spiro atoms. The van der Waals surface area contributed by atoms with Crippen LogP contribution in [0.15, 0.2) is 68.0 Å². The largest absolute Gasteiger partial charge is 0.631 e. The first-order valence-electron chi connectivity index (χ1n) is 12.5. The summed E-state index contributed by atoms with van der Waals surface area (Å²) in [5.74, 6) is 0.435. The molecule has 1 aromatic carbocycles. The smallest absolute Gasteiger partial charge is 0.240 e. The molecule has 0 aliphatic carbocycles. The van der Waals surface area contributed by atoms with Gasteiger partial charge in [-0.3, -0.25) is 20.1 Å². The molecule has 64 heavy (non-hydrogen) atoms. The Bertz CT molecular complexity index is 1990. The van der Waals surface area contributed by atoms with Crippen LogP contribution < -0.4 is 48.0 Å². The van der Waals surface area contributed by atoms with E-state index in [1.807, 2.05) is 43.5 Å². The fourth-order valence-corrected chi connectivity index (χ4v) is 2.57. The van der Waals surface area contributed by atoms with Crippen LogP contribution in [0, 0.1) is 265 Å². The number of rotatable bonds is 0. The molecule has 347 valence electrons. The third-order valence-corrected chi connectivity index (χ3v) is 4.86. The Labute approximate surface area is 607 Å². The molecule has 20 nitrogen and oxygen atoms in total. The van der Waals surface area contributed by atoms with Gasteiger partial charge in [-0.25, -0.2) is 11.4 Å². The van der Waals surface area contributed by atoms with Gasteiger partial charge in [0.15, 0.2) is 0 Å². The maximum absolute atomic E-state index is 10.2. The van der Waals surface area contributed by atoms with E-state index < -0.39 is 11.4 Å². The number of aryl methyl sites for hydroxylation is 6. The molecule has 0 atom stereocenters. The molecule has 1 N–H and O–H groups in total. The molecular formula is C31H45N16O4U6V5W2-13. The van der Waals surface area contributed by atoms with Crippen LogP contribution in [0.2, 0.25) is 0 Å². The van der Waals surface area contributed by atoms with Crippen molar-refractivity contribution in [3.8, 4) is 0 Å². The molecule has 0 amide bonds. The molecule has 0 saturated carbocycles. The number of H-pyrrole nitrogens is 1. The molecule has 5 radical (unpaired) electrons. The first-order valence-corrected chi connectivity index (χ1v) is 12.5. The van der Waals surface area contributed by atoms with E-state index in [4.69, 9.17) is 0 Å². The van der Waals surface area contributed by atoms with Crippen molar-refractivity contribution < 1.29 is 322 Å². The molecule has 7 rings (SSSR count). The fraction of sp³-hybridized carbons (Fsp3) is 0.194. The summed E-state index contributed by atoms with van der Waals surface area (Å²) >= 11 is 0. The van der Waals surface area contributed by atoms with E-state index in [1.165, 1.54) is 29.6 Å². The summed E-state index contributed by atoms with van der Waals surface area (Å²) in [6, 6.07) is 12.1. The van der Waals surface area contributed by atoms with Crippen molar-refractivity contribution in [3.05, 3.63) is 165 Å². The Balaban J connectivity index is -0.0000000236. The number of pyridine rings is 1. The van der Waals surface area contributed by atoms with Crippen LogP contribution in [0.1, 0.15) is 17.1 Å². The molecule has 0 aliphatic heterocycles. The van der Waals surface area contributed by atoms with E-state index >= 15 is 0 Å². The zero-order valence-corrected chi connectivity index (χ0v) is 74.8. The summed E-state index contributed by atoms with van der Waals surface area (Å²) in [5, 5.41) is 33.2. The number of aromatic amines is 1. The van der Waals surface area contributed by atoms with Crippen molar-refractivity contribution in [2.75, 3.05) is 0 Å². The molecule has 0 bridgehead atoms. The van der Waals surface area contributed by atoms with E-state index in [0.717, 1.165) is 20.6 Å². The minimum Gasteiger partial charge on any atom is -0.631 e. The van der Waals surface area contributed by atoms with Gasteiger partial charge in [0, 0.05) is 351 Å². The summed E-state index contributed by atoms with van der Waals surface area (Å²) in [5.41, 5.74) is 1.83. The molecule has 0 aliphatic rings. The Morgan fingerprint density at radius 1 is 0.641 bits per heavy atom. The van der Waals surface area contributed by atoms with Gasteiger partial charge in [0.1, 0.15) is 0 Å². The first kappa shape index (κ1) is 122. The first-order chi connectivity index (χ1) is 21.5. The monoisotopic (exact) mass is 2760 g/mol. The zero-order chi connectivity index (χ0) is 33.2. The third-order valence-electron chi connectivity index (χ3n) is 4.86. The number of nitrogens with one attached hydrogen (secondary N) is 1. The van der Waals surface area contributed by atoms with Gasteiger partial charge in [-0.15, -0.1) is 0 Å². The Morgan fingerprint density at radius 3 is 1.39 bits per heavy atom. The van der Waals surface area contributed by atoms with Gasteiger partial charge in [0.25, 0.3) is 0 Å². The topological polar surface area (TPSA) is 260 Å². The second-order valence-corrected chi connectivity index (χ2v) is 8.37. The fourth-order valence-electron chi connectivity index (χ4n) is 2.57. The number of nitrogens with zero attached hydrogens (tertiary/aromatic N) is 15. The van der Waals surface area contributed by atoms with Crippen molar-refractivity contribution >= 4 is 10.9 Å². The van der Waals surface area contributed by atoms with E-state index in [-0.39, 0.29) is 378 Å². The Morgan fingerprint density at radius 2 is 1.17 bits per heavy atom. The van der Waals surface area contributed by atoms with Crippen LogP contribution in [-0.4, -0.2) is 54.8 Å². The van der Waals surface area contributed by atoms with Crippen LogP contribution in [0.3, 0.4) is 0 Å². The van der Waals surface area contributed by atoms with Crippen molar-refractivity contribution in [1.29, 1.82) is 0 Å². The predicted molar refractivity (Wildman–Crippen MR) is 194 cm³/mol. The minimum atomic E-state index is -0.502. The van der Waals surface area contributed by atoms with E-state index in [2.05, 4.69) is 91.8 Å². The van der Waals surface area contributed by atoms with E-state index in [1.54, 1.807) is 20.2 Å². The second kappa shape index (κ2) is 73.7. The number of hydrogen-bond donors (Lipinski definition) is 1. The minimum absolute atomic E-state index is 0. The van der Waals surface area contributed by atoms with E-state index in [0.29, 0.717) is 5.82 Å². The maximum atomic E-state index is 10.2. The van der Waals surface area contributed by atoms with Gasteiger partial charge in [-0.1, -0.05) is 31.1 Å². The van der Waals surface area contributed by atoms with Crippen molar-refractivity contribution in [3.63, 3.8) is 0 Å². The SMILES string of the molecule is Cc1ccn[nH]1.Cc1ccnc2ccccc12.Cc1n[n-]c(=O)[n-]1.Cn1[c-]n[n-]c1=O.Cn1n[c-][n-]c1=O.Cn1nn[n-]c1=O.[CH3-].[CH3-].[CH3-].[CH3-].[CH3-].[CH3-].[U].[U].[U].[U].[U].[U].[V].[V].[V].[V].[V].[W].[W]. The standard InChI is InChI=1S/C10H9N.C4H6N2.C3H4N3O.C3H3N3O.C3H4N3O.C2H4N4O.6CH3.6U.5V.2W/c1-8-6-7-11-10-5-3-2-4-9(8)10;1-4-2-3-5-6-4;1-6-2-4-5-3(6)7;1-6-3(7)4-2-5-6;1-2-4-3(7)6-5-2;1-6-2(7)3-4-5-6;;;;;;;;;;;;;;;;;;;/h2-7H,1H3;2-3H,1H3,(H,5,6);1H3,(H,5,7);1H3;1H3,(H-,4,5,6,7);1H3,(H,3,5,7);6*1H3;;;;;;;;;;;;;/q;;-1;-2;-1;;6*-1;;;;;;;;;;;;;/p-3. The number of benzene rings is 1. The van der Waals surface area contributed by atoms with E-state index in [9.17, 15) is 19.2 Å². The zero-order valence-electron chi connectivity index (χ0n) is 37.0. The maximum Gasteiger partial charge on any atom is 0.240 e. The van der Waals surface area contributed by atoms with Gasteiger partial charge in [-0.05, 0) is 64.3 Å². The molecular weight excluding hydrogens is 2710 g/mol. The Hall–Kier alpha value is 4.14. The number of tetrazole rings is 1. The van der Waals surface area contributed by atoms with Crippen molar-refractivity contribution in [1.82, 2.24) is 80.1 Å². The number of aromatic nitrogens is 16. The molecule has 6 aromatic heterocycles. The van der Waals surface area contributed by atoms with Crippen LogP contribution in [0.5, 0.6) is 0 Å². The molecule has 0 fully saturated rings. The molecule has 0 unspecified atom stereocenters. The quantitative estimate of drug-likeness (QED) is 0.193. The molecule has 6 heterocycles. The van der Waals surface area contributed by atoms with Crippen LogP contribution in [0.4, 0.5) is 0 Å². The number of hydrogen-bond acceptors (Lipinski definition) is 11. The number of fused-ring (bicyclic) bond motifs is 1. The average Bonchev–Trinajstić information content (AvgIpc) is 3.87. The Kier molecular flexibility index (Phi) is 141. The van der Waals surface area contributed by atoms with Crippen LogP contribution >= 0.6 is 0 Å². The third kappa shape index (κ3) is 55.5. The summed E-state index contributed by atoms with van der Waals surface area (Å²) in [7, 11) is 4.55. The van der Waals surface area contributed by atoms with Gasteiger partial charge >= 0.3 is 0 Å². The number of para-hydroxylation sites is 1. The summed E-state index contributed by atoms with van der Waals surface area (Å²) in [4.78, 5) is 51.3. The van der Waals surface area contributed by atoms with Gasteiger partial charge in [-0.2, -0.15) is 16.6 Å². The van der Waals surface area contributed by atoms with Crippen LogP contribution in [-0.2, 0) is 156 Å². The average molecular weight is 2760 g/mol. The van der Waals surface area contributed by atoms with Gasteiger partial charge < -0.3 is 108 Å². The van der Waals surface area contributed by atoms with Gasteiger partial charge in [0.05, 0.1) is 11.2 Å². The van der Waals surface area contributed by atoms with Crippen LogP contribution in [0.25, 0.3) is 10.9 Å². The summed E-state index contributed by atoms with van der Waals surface area (Å²) in [6.45, 7) is 5.69. The molecule has 0 saturated heterocycles. The molecule has 7 aromatic rings. The normalized spacial score (nSPS) is 6.66. The second-order valence-electron chi connectivity index (χ2n) is 8.37. The van der Waals surface area contributed by atoms with Gasteiger partial charge in [0.2, 0.25) is 5.69 Å². The summed E-state index contributed by atoms with van der Waals surface area (Å²) in [6.07, 6.45) is 8.04. The van der Waals surface area contributed by atoms with Crippen molar-refractivity contribution in [2.45, 2.75) is 20.8 Å². The van der Waals surface area contributed by atoms with Crippen molar-refractivity contribution in [2.24, 2.45) is 21.1 Å². The summed E-state index contributed by atoms with van der Waals surface area (Å²) < 4.78 is 3.35.